The summed E-state index contributed by atoms with van der Waals surface area (Å²) < 4.78 is 1.06. The number of carbonyl (C=O) groups is 1. The van der Waals surface area contributed by atoms with E-state index in [-0.39, 0.29) is 30.7 Å². The first kappa shape index (κ1) is 18.2. The molecule has 0 aliphatic carbocycles. The van der Waals surface area contributed by atoms with Gasteiger partial charge >= 0.3 is 0 Å². The zero-order chi connectivity index (χ0) is 13.1. The molecule has 0 spiro atoms. The number of halogens is 2. The Hall–Kier alpha value is -0.880. The van der Waals surface area contributed by atoms with Crippen LogP contribution in [0.15, 0.2) is 23.7 Å². The van der Waals surface area contributed by atoms with Crippen LogP contribution in [0.2, 0.25) is 0 Å². The summed E-state index contributed by atoms with van der Waals surface area (Å²) in [7, 11) is 0. The maximum atomic E-state index is 12.0. The van der Waals surface area contributed by atoms with E-state index in [1.165, 1.54) is 6.42 Å². The Kier molecular flexibility index (Phi) is 7.39. The third-order valence-electron chi connectivity index (χ3n) is 3.59. The van der Waals surface area contributed by atoms with Crippen LogP contribution in [0.25, 0.3) is 10.2 Å². The van der Waals surface area contributed by atoms with Crippen LogP contribution in [0.4, 0.5) is 0 Å². The Balaban J connectivity index is 0.00000110. The summed E-state index contributed by atoms with van der Waals surface area (Å²) in [5, 5.41) is 6.34. The number of amides is 1. The lowest BCUT2D eigenvalue weighted by Crippen LogP contribution is -2.26. The summed E-state index contributed by atoms with van der Waals surface area (Å²) >= 11 is 1.56. The van der Waals surface area contributed by atoms with Crippen molar-refractivity contribution in [3.8, 4) is 0 Å². The van der Waals surface area contributed by atoms with Gasteiger partial charge in [-0.15, -0.1) is 36.2 Å². The maximum absolute atomic E-state index is 12.0. The number of carbonyl (C=O) groups excluding carboxylic acids is 1. The molecular weight excluding hydrogens is 329 g/mol. The highest BCUT2D eigenvalue weighted by atomic mass is 35.5. The average Bonchev–Trinajstić information content (AvgIpc) is 3.08. The molecule has 1 atom stereocenters. The molecule has 7 heteroatoms. The smallest absolute Gasteiger partial charge is 0.251 e. The zero-order valence-electron chi connectivity index (χ0n) is 11.5. The van der Waals surface area contributed by atoms with E-state index in [0.29, 0.717) is 5.92 Å². The van der Waals surface area contributed by atoms with E-state index in [1.807, 2.05) is 18.2 Å². The predicted molar refractivity (Wildman–Crippen MR) is 92.0 cm³/mol. The van der Waals surface area contributed by atoms with E-state index in [1.54, 1.807) is 16.8 Å². The van der Waals surface area contributed by atoms with Gasteiger partial charge in [0.2, 0.25) is 0 Å². The van der Waals surface area contributed by atoms with Crippen LogP contribution in [-0.4, -0.2) is 30.5 Å². The summed E-state index contributed by atoms with van der Waals surface area (Å²) in [4.78, 5) is 16.3. The first-order valence-electron chi connectivity index (χ1n) is 6.65. The molecular formula is C14H19Cl2N3OS. The van der Waals surface area contributed by atoms with Crippen LogP contribution >= 0.6 is 36.2 Å². The number of nitrogens with one attached hydrogen (secondary N) is 2. The van der Waals surface area contributed by atoms with Gasteiger partial charge in [0.1, 0.15) is 0 Å². The Labute approximate surface area is 140 Å². The van der Waals surface area contributed by atoms with Crippen LogP contribution in [0.5, 0.6) is 0 Å². The van der Waals surface area contributed by atoms with E-state index < -0.39 is 0 Å². The number of fused-ring (bicyclic) bond motifs is 1. The van der Waals surface area contributed by atoms with E-state index >= 15 is 0 Å². The maximum Gasteiger partial charge on any atom is 0.251 e. The minimum atomic E-state index is 0. The van der Waals surface area contributed by atoms with Crippen molar-refractivity contribution in [3.05, 3.63) is 29.3 Å². The van der Waals surface area contributed by atoms with Crippen molar-refractivity contribution in [2.24, 2.45) is 5.92 Å². The van der Waals surface area contributed by atoms with Gasteiger partial charge < -0.3 is 10.6 Å². The molecule has 116 valence electrons. The van der Waals surface area contributed by atoms with E-state index in [9.17, 15) is 4.79 Å². The molecule has 1 aliphatic heterocycles. The van der Waals surface area contributed by atoms with Crippen LogP contribution in [0.1, 0.15) is 23.2 Å². The first-order chi connectivity index (χ1) is 9.33. The van der Waals surface area contributed by atoms with Crippen molar-refractivity contribution in [1.29, 1.82) is 0 Å². The number of benzene rings is 1. The van der Waals surface area contributed by atoms with Gasteiger partial charge in [-0.25, -0.2) is 4.98 Å². The van der Waals surface area contributed by atoms with Gasteiger partial charge in [-0.2, -0.15) is 0 Å². The third-order valence-corrected chi connectivity index (χ3v) is 4.39. The molecule has 3 rings (SSSR count). The van der Waals surface area contributed by atoms with Gasteiger partial charge in [-0.3, -0.25) is 4.79 Å². The average molecular weight is 348 g/mol. The monoisotopic (exact) mass is 347 g/mol. The number of rotatable bonds is 4. The quantitative estimate of drug-likeness (QED) is 0.893. The second kappa shape index (κ2) is 8.54. The van der Waals surface area contributed by atoms with E-state index in [4.69, 9.17) is 0 Å². The molecule has 1 amide bonds. The van der Waals surface area contributed by atoms with Crippen molar-refractivity contribution in [2.45, 2.75) is 12.8 Å². The van der Waals surface area contributed by atoms with Crippen LogP contribution in [0.3, 0.4) is 0 Å². The van der Waals surface area contributed by atoms with Gasteiger partial charge in [0.15, 0.2) is 0 Å². The van der Waals surface area contributed by atoms with Crippen LogP contribution < -0.4 is 10.6 Å². The largest absolute Gasteiger partial charge is 0.352 e. The standard InChI is InChI=1S/C14H17N3OS.2ClH/c18-14(16-6-4-10-3-5-15-8-10)11-1-2-12-13(7-11)19-9-17-12;;/h1-2,7,9-10,15H,3-6,8H2,(H,16,18);2*1H. The van der Waals surface area contributed by atoms with Gasteiger partial charge in [0.05, 0.1) is 15.7 Å². The van der Waals surface area contributed by atoms with Crippen LogP contribution in [-0.2, 0) is 0 Å². The number of aromatic nitrogens is 1. The SMILES string of the molecule is Cl.Cl.O=C(NCCC1CCNC1)c1ccc2ncsc2c1. The van der Waals surface area contributed by atoms with Crippen LogP contribution in [0, 0.1) is 5.92 Å². The predicted octanol–water partition coefficient (Wildman–Crippen LogP) is 2.87. The molecule has 0 saturated carbocycles. The molecule has 4 nitrogen and oxygen atoms in total. The summed E-state index contributed by atoms with van der Waals surface area (Å²) in [6, 6.07) is 5.66. The lowest BCUT2D eigenvalue weighted by atomic mass is 10.1. The second-order valence-corrected chi connectivity index (χ2v) is 5.82. The molecule has 1 unspecified atom stereocenters. The molecule has 0 bridgehead atoms. The van der Waals surface area contributed by atoms with Crippen molar-refractivity contribution in [1.82, 2.24) is 15.6 Å². The number of nitrogens with zero attached hydrogens (tertiary/aromatic N) is 1. The Morgan fingerprint density at radius 2 is 2.29 bits per heavy atom. The number of hydrogen-bond donors (Lipinski definition) is 2. The fraction of sp³-hybridized carbons (Fsp3) is 0.429. The first-order valence-corrected chi connectivity index (χ1v) is 7.53. The highest BCUT2D eigenvalue weighted by Gasteiger charge is 2.14. The summed E-state index contributed by atoms with van der Waals surface area (Å²) in [6.07, 6.45) is 2.28. The van der Waals surface area contributed by atoms with Crippen molar-refractivity contribution >= 4 is 52.3 Å². The molecule has 21 heavy (non-hydrogen) atoms. The molecule has 2 N–H and O–H groups in total. The van der Waals surface area contributed by atoms with Crippen molar-refractivity contribution < 1.29 is 4.79 Å². The fourth-order valence-corrected chi connectivity index (χ4v) is 3.17. The topological polar surface area (TPSA) is 54.0 Å². The lowest BCUT2D eigenvalue weighted by Gasteiger charge is -2.09. The van der Waals surface area contributed by atoms with Gasteiger partial charge in [-0.05, 0) is 50.0 Å². The summed E-state index contributed by atoms with van der Waals surface area (Å²) in [6.45, 7) is 2.95. The molecule has 1 aliphatic rings. The number of thiazole rings is 1. The lowest BCUT2D eigenvalue weighted by molar-refractivity contribution is 0.0952. The van der Waals surface area contributed by atoms with E-state index in [0.717, 1.165) is 41.8 Å². The third kappa shape index (κ3) is 4.54. The summed E-state index contributed by atoms with van der Waals surface area (Å²) in [5.41, 5.74) is 3.49. The normalized spacial score (nSPS) is 17.0. The Bertz CT molecular complexity index is 584. The Morgan fingerprint density at radius 1 is 1.43 bits per heavy atom. The highest BCUT2D eigenvalue weighted by molar-refractivity contribution is 7.16. The minimum Gasteiger partial charge on any atom is -0.352 e. The second-order valence-electron chi connectivity index (χ2n) is 4.94. The van der Waals surface area contributed by atoms with Crippen molar-refractivity contribution in [3.63, 3.8) is 0 Å². The highest BCUT2D eigenvalue weighted by Crippen LogP contribution is 2.19. The van der Waals surface area contributed by atoms with Gasteiger partial charge in [0, 0.05) is 12.1 Å². The minimum absolute atomic E-state index is 0. The molecule has 1 aromatic heterocycles. The van der Waals surface area contributed by atoms with Crippen molar-refractivity contribution in [2.75, 3.05) is 19.6 Å². The van der Waals surface area contributed by atoms with Gasteiger partial charge in [0.25, 0.3) is 5.91 Å². The van der Waals surface area contributed by atoms with E-state index in [2.05, 4.69) is 15.6 Å². The molecule has 1 fully saturated rings. The summed E-state index contributed by atoms with van der Waals surface area (Å²) in [5.74, 6) is 0.727. The number of hydrogen-bond acceptors (Lipinski definition) is 4. The molecule has 2 aromatic rings. The molecule has 2 heterocycles. The molecule has 1 saturated heterocycles. The molecule has 1 aromatic carbocycles. The fourth-order valence-electron chi connectivity index (χ4n) is 2.45. The van der Waals surface area contributed by atoms with Gasteiger partial charge in [-0.1, -0.05) is 0 Å². The molecule has 0 radical (unpaired) electrons. The zero-order valence-corrected chi connectivity index (χ0v) is 14.0. The Morgan fingerprint density at radius 3 is 3.05 bits per heavy atom.